The molecule has 4 rings (SSSR count). The molecule has 0 aliphatic carbocycles. The highest BCUT2D eigenvalue weighted by atomic mass is 16.6. The van der Waals surface area contributed by atoms with Crippen LogP contribution in [0, 0.1) is 47.9 Å². The van der Waals surface area contributed by atoms with Crippen LogP contribution in [-0.2, 0) is 0 Å². The SMILES string of the molecule is Cc1cc(C)n(-c2cc([N+](=O)[O-])ccc2N=Nc2ccc([N+](=O)[O-])cc2-n2nc(C)cc2C)n1. The molecule has 2 aromatic carbocycles. The second kappa shape index (κ2) is 8.65. The fourth-order valence-electron chi connectivity index (χ4n) is 3.61. The number of rotatable bonds is 6. The van der Waals surface area contributed by atoms with Crippen molar-refractivity contribution in [1.82, 2.24) is 19.6 Å². The van der Waals surface area contributed by atoms with Gasteiger partial charge in [-0.05, 0) is 52.0 Å². The molecule has 12 heteroatoms. The van der Waals surface area contributed by atoms with Gasteiger partial charge in [0.1, 0.15) is 11.4 Å². The van der Waals surface area contributed by atoms with E-state index in [1.807, 2.05) is 39.8 Å². The number of azo groups is 1. The van der Waals surface area contributed by atoms with Crippen molar-refractivity contribution in [2.75, 3.05) is 0 Å². The minimum Gasteiger partial charge on any atom is -0.258 e. The molecule has 2 heterocycles. The van der Waals surface area contributed by atoms with E-state index in [-0.39, 0.29) is 11.4 Å². The molecule has 0 fully saturated rings. The zero-order valence-electron chi connectivity index (χ0n) is 18.8. The van der Waals surface area contributed by atoms with Gasteiger partial charge >= 0.3 is 0 Å². The Bertz CT molecular complexity index is 1360. The van der Waals surface area contributed by atoms with Crippen molar-refractivity contribution in [3.8, 4) is 11.4 Å². The molecule has 0 aliphatic rings. The summed E-state index contributed by atoms with van der Waals surface area (Å²) in [4.78, 5) is 21.7. The molecule has 0 aliphatic heterocycles. The van der Waals surface area contributed by atoms with Crippen LogP contribution in [0.5, 0.6) is 0 Å². The monoisotopic (exact) mass is 460 g/mol. The summed E-state index contributed by atoms with van der Waals surface area (Å²) in [5.41, 5.74) is 4.27. The first kappa shape index (κ1) is 22.5. The molecule has 0 saturated carbocycles. The standard InChI is InChI=1S/C22H20N8O4/c1-13-9-15(3)27(25-13)21-11-17(29(31)32)5-7-19(21)23-24-20-8-6-18(30(33)34)12-22(20)28-16(4)10-14(2)26-28/h5-12H,1-4H3. The van der Waals surface area contributed by atoms with E-state index in [0.717, 1.165) is 22.8 Å². The predicted molar refractivity (Wildman–Crippen MR) is 124 cm³/mol. The number of non-ortho nitro benzene ring substituents is 2. The van der Waals surface area contributed by atoms with Gasteiger partial charge in [0.05, 0.1) is 32.6 Å². The predicted octanol–water partition coefficient (Wildman–Crippen LogP) is 5.52. The second-order valence-corrected chi connectivity index (χ2v) is 7.74. The normalized spacial score (nSPS) is 11.3. The van der Waals surface area contributed by atoms with Crippen molar-refractivity contribution < 1.29 is 9.85 Å². The van der Waals surface area contributed by atoms with Crippen molar-refractivity contribution in [2.45, 2.75) is 27.7 Å². The first-order valence-electron chi connectivity index (χ1n) is 10.2. The summed E-state index contributed by atoms with van der Waals surface area (Å²) in [6.45, 7) is 7.30. The molecular formula is C22H20N8O4. The average molecular weight is 460 g/mol. The molecular weight excluding hydrogens is 440 g/mol. The molecule has 0 spiro atoms. The lowest BCUT2D eigenvalue weighted by molar-refractivity contribution is -0.385. The van der Waals surface area contributed by atoms with Gasteiger partial charge in [-0.15, -0.1) is 10.2 Å². The Kier molecular flexibility index (Phi) is 5.72. The van der Waals surface area contributed by atoms with E-state index in [9.17, 15) is 20.2 Å². The van der Waals surface area contributed by atoms with Gasteiger partial charge in [-0.2, -0.15) is 10.2 Å². The van der Waals surface area contributed by atoms with Gasteiger partial charge in [-0.25, -0.2) is 9.36 Å². The Labute approximate surface area is 193 Å². The number of benzene rings is 2. The highest BCUT2D eigenvalue weighted by Crippen LogP contribution is 2.33. The van der Waals surface area contributed by atoms with E-state index in [2.05, 4.69) is 20.4 Å². The van der Waals surface area contributed by atoms with Crippen molar-refractivity contribution in [1.29, 1.82) is 0 Å². The number of aryl methyl sites for hydroxylation is 4. The van der Waals surface area contributed by atoms with Crippen LogP contribution in [0.2, 0.25) is 0 Å². The lowest BCUT2D eigenvalue weighted by atomic mass is 10.2. The fourth-order valence-corrected chi connectivity index (χ4v) is 3.61. The van der Waals surface area contributed by atoms with Gasteiger partial charge in [-0.3, -0.25) is 20.2 Å². The molecule has 0 amide bonds. The smallest absolute Gasteiger partial charge is 0.258 e. The van der Waals surface area contributed by atoms with Crippen molar-refractivity contribution in [2.24, 2.45) is 10.2 Å². The molecule has 0 radical (unpaired) electrons. The topological polar surface area (TPSA) is 147 Å². The number of aromatic nitrogens is 4. The molecule has 12 nitrogen and oxygen atoms in total. The van der Waals surface area contributed by atoms with Crippen LogP contribution >= 0.6 is 0 Å². The third kappa shape index (κ3) is 4.28. The highest BCUT2D eigenvalue weighted by Gasteiger charge is 2.17. The van der Waals surface area contributed by atoms with Crippen molar-refractivity contribution >= 4 is 22.7 Å². The van der Waals surface area contributed by atoms with E-state index in [1.165, 1.54) is 36.4 Å². The first-order chi connectivity index (χ1) is 16.1. The summed E-state index contributed by atoms with van der Waals surface area (Å²) in [6.07, 6.45) is 0. The van der Waals surface area contributed by atoms with Gasteiger partial charge in [0.2, 0.25) is 0 Å². The maximum absolute atomic E-state index is 11.3. The molecule has 4 aromatic rings. The van der Waals surface area contributed by atoms with Crippen molar-refractivity contribution in [3.05, 3.63) is 91.5 Å². The van der Waals surface area contributed by atoms with Crippen LogP contribution in [0.3, 0.4) is 0 Å². The Morgan fingerprint density at radius 3 is 1.35 bits per heavy atom. The number of hydrogen-bond donors (Lipinski definition) is 0. The second-order valence-electron chi connectivity index (χ2n) is 7.74. The molecule has 34 heavy (non-hydrogen) atoms. The van der Waals surface area contributed by atoms with Gasteiger partial charge in [0.15, 0.2) is 0 Å². The summed E-state index contributed by atoms with van der Waals surface area (Å²) in [6, 6.07) is 12.1. The minimum atomic E-state index is -0.493. The Morgan fingerprint density at radius 2 is 1.06 bits per heavy atom. The van der Waals surface area contributed by atoms with E-state index in [4.69, 9.17) is 0 Å². The molecule has 0 saturated heterocycles. The summed E-state index contributed by atoms with van der Waals surface area (Å²) in [5.74, 6) is 0. The lowest BCUT2D eigenvalue weighted by Crippen LogP contribution is -2.01. The molecule has 2 aromatic heterocycles. The van der Waals surface area contributed by atoms with Gasteiger partial charge < -0.3 is 0 Å². The van der Waals surface area contributed by atoms with E-state index >= 15 is 0 Å². The van der Waals surface area contributed by atoms with Crippen LogP contribution in [0.15, 0.2) is 58.8 Å². The van der Waals surface area contributed by atoms with E-state index in [0.29, 0.717) is 22.7 Å². The summed E-state index contributed by atoms with van der Waals surface area (Å²) < 4.78 is 3.13. The number of nitro benzene ring substituents is 2. The zero-order chi connectivity index (χ0) is 24.6. The number of hydrogen-bond acceptors (Lipinski definition) is 8. The third-order valence-electron chi connectivity index (χ3n) is 5.08. The maximum Gasteiger partial charge on any atom is 0.271 e. The first-order valence-corrected chi connectivity index (χ1v) is 10.2. The summed E-state index contributed by atoms with van der Waals surface area (Å²) >= 11 is 0. The van der Waals surface area contributed by atoms with Crippen LogP contribution < -0.4 is 0 Å². The Balaban J connectivity index is 1.86. The molecule has 0 N–H and O–H groups in total. The Hall–Kier alpha value is -4.74. The molecule has 0 atom stereocenters. The molecule has 0 bridgehead atoms. The van der Waals surface area contributed by atoms with Crippen molar-refractivity contribution in [3.63, 3.8) is 0 Å². The third-order valence-corrected chi connectivity index (χ3v) is 5.08. The molecule has 0 unspecified atom stereocenters. The van der Waals surface area contributed by atoms with Crippen LogP contribution in [0.4, 0.5) is 22.7 Å². The summed E-state index contributed by atoms with van der Waals surface area (Å²) in [5, 5.41) is 40.2. The maximum atomic E-state index is 11.3. The van der Waals surface area contributed by atoms with Gasteiger partial charge in [0, 0.05) is 35.7 Å². The highest BCUT2D eigenvalue weighted by molar-refractivity contribution is 5.64. The number of nitrogens with zero attached hydrogens (tertiary/aromatic N) is 8. The van der Waals surface area contributed by atoms with Gasteiger partial charge in [-0.1, -0.05) is 0 Å². The summed E-state index contributed by atoms with van der Waals surface area (Å²) in [7, 11) is 0. The van der Waals surface area contributed by atoms with E-state index < -0.39 is 9.85 Å². The van der Waals surface area contributed by atoms with Crippen LogP contribution in [-0.4, -0.2) is 29.4 Å². The fraction of sp³-hybridized carbons (Fsp3) is 0.182. The van der Waals surface area contributed by atoms with Crippen LogP contribution in [0.1, 0.15) is 22.8 Å². The largest absolute Gasteiger partial charge is 0.271 e. The van der Waals surface area contributed by atoms with E-state index in [1.54, 1.807) is 9.36 Å². The molecule has 172 valence electrons. The van der Waals surface area contributed by atoms with Gasteiger partial charge in [0.25, 0.3) is 11.4 Å². The average Bonchev–Trinajstić information content (AvgIpc) is 3.30. The van der Waals surface area contributed by atoms with Crippen LogP contribution in [0.25, 0.3) is 11.4 Å². The minimum absolute atomic E-state index is 0.111. The zero-order valence-corrected chi connectivity index (χ0v) is 18.8. The Morgan fingerprint density at radius 1 is 0.676 bits per heavy atom. The lowest BCUT2D eigenvalue weighted by Gasteiger charge is -2.09. The quantitative estimate of drug-likeness (QED) is 0.210. The number of nitro groups is 2.